The van der Waals surface area contributed by atoms with E-state index in [1.54, 1.807) is 11.8 Å². The lowest BCUT2D eigenvalue weighted by molar-refractivity contribution is -0.132. The number of halogens is 1. The maximum Gasteiger partial charge on any atom is 0.359 e. The molecule has 2 rings (SSSR count). The van der Waals surface area contributed by atoms with Gasteiger partial charge in [0.05, 0.1) is 6.61 Å². The van der Waals surface area contributed by atoms with Crippen LogP contribution in [0.15, 0.2) is 0 Å². The minimum Gasteiger partial charge on any atom is -0.461 e. The third-order valence-electron chi connectivity index (χ3n) is 3.28. The Morgan fingerprint density at radius 2 is 2.30 bits per heavy atom. The van der Waals surface area contributed by atoms with Gasteiger partial charge in [0.2, 0.25) is 5.91 Å². The molecule has 1 N–H and O–H groups in total. The third-order valence-corrected chi connectivity index (χ3v) is 3.55. The van der Waals surface area contributed by atoms with E-state index in [1.807, 2.05) is 0 Å². The van der Waals surface area contributed by atoms with Gasteiger partial charge in [-0.15, -0.1) is 11.6 Å². The van der Waals surface area contributed by atoms with Gasteiger partial charge in [-0.05, 0) is 13.3 Å². The second-order valence-corrected chi connectivity index (χ2v) is 4.99. The molecule has 1 amide bonds. The smallest absolute Gasteiger partial charge is 0.359 e. The number of rotatable bonds is 5. The summed E-state index contributed by atoms with van der Waals surface area (Å²) < 4.78 is 4.97. The van der Waals surface area contributed by atoms with E-state index in [0.29, 0.717) is 44.8 Å². The number of carbonyl (C=O) groups is 2. The highest BCUT2D eigenvalue weighted by Crippen LogP contribution is 2.21. The van der Waals surface area contributed by atoms with Gasteiger partial charge in [-0.2, -0.15) is 5.10 Å². The molecule has 0 saturated carbocycles. The number of nitrogens with one attached hydrogen (secondary N) is 1. The van der Waals surface area contributed by atoms with Gasteiger partial charge in [-0.25, -0.2) is 4.79 Å². The molecule has 0 atom stereocenters. The van der Waals surface area contributed by atoms with Crippen molar-refractivity contribution in [2.45, 2.75) is 32.7 Å². The van der Waals surface area contributed by atoms with Crippen molar-refractivity contribution >= 4 is 23.5 Å². The number of hydrogen-bond donors (Lipinski definition) is 1. The highest BCUT2D eigenvalue weighted by molar-refractivity contribution is 6.17. The van der Waals surface area contributed by atoms with Gasteiger partial charge in [0.1, 0.15) is 0 Å². The number of amides is 1. The van der Waals surface area contributed by atoms with E-state index in [4.69, 9.17) is 16.3 Å². The first-order chi connectivity index (χ1) is 9.67. The van der Waals surface area contributed by atoms with Crippen LogP contribution < -0.4 is 0 Å². The molecule has 7 heteroatoms. The number of hydrogen-bond acceptors (Lipinski definition) is 4. The van der Waals surface area contributed by atoms with Crippen LogP contribution in [0.2, 0.25) is 0 Å². The van der Waals surface area contributed by atoms with Crippen LogP contribution in [-0.2, 0) is 22.5 Å². The lowest BCUT2D eigenvalue weighted by Crippen LogP contribution is -2.36. The van der Waals surface area contributed by atoms with Crippen molar-refractivity contribution in [3.8, 4) is 0 Å². The summed E-state index contributed by atoms with van der Waals surface area (Å²) in [7, 11) is 0. The van der Waals surface area contributed by atoms with E-state index < -0.39 is 5.97 Å². The summed E-state index contributed by atoms with van der Waals surface area (Å²) in [6, 6.07) is 0. The predicted molar refractivity (Wildman–Crippen MR) is 73.6 cm³/mol. The van der Waals surface area contributed by atoms with Gasteiger partial charge >= 0.3 is 5.97 Å². The zero-order valence-corrected chi connectivity index (χ0v) is 12.2. The summed E-state index contributed by atoms with van der Waals surface area (Å²) in [6.07, 6.45) is 1.78. The monoisotopic (exact) mass is 299 g/mol. The van der Waals surface area contributed by atoms with Crippen LogP contribution in [0.1, 0.15) is 41.5 Å². The van der Waals surface area contributed by atoms with Gasteiger partial charge in [-0.3, -0.25) is 9.89 Å². The number of carbonyl (C=O) groups excluding carboxylic acids is 2. The highest BCUT2D eigenvalue weighted by Gasteiger charge is 2.27. The van der Waals surface area contributed by atoms with Crippen LogP contribution in [0.3, 0.4) is 0 Å². The fourth-order valence-electron chi connectivity index (χ4n) is 2.25. The number of nitrogens with zero attached hydrogens (tertiary/aromatic N) is 2. The van der Waals surface area contributed by atoms with Crippen molar-refractivity contribution in [3.05, 3.63) is 17.0 Å². The average Bonchev–Trinajstić information content (AvgIpc) is 2.87. The molecule has 0 spiro atoms. The fourth-order valence-corrected chi connectivity index (χ4v) is 2.39. The van der Waals surface area contributed by atoms with Gasteiger partial charge in [0, 0.05) is 43.1 Å². The summed E-state index contributed by atoms with van der Waals surface area (Å²) in [5.74, 6) is 0.0947. The molecule has 0 unspecified atom stereocenters. The molecule has 1 aliphatic heterocycles. The van der Waals surface area contributed by atoms with Crippen molar-refractivity contribution < 1.29 is 14.3 Å². The van der Waals surface area contributed by atoms with Crippen molar-refractivity contribution in [2.24, 2.45) is 0 Å². The molecule has 1 aromatic heterocycles. The Bertz CT molecular complexity index is 501. The maximum atomic E-state index is 12.0. The molecule has 0 aliphatic carbocycles. The van der Waals surface area contributed by atoms with Crippen molar-refractivity contribution in [2.75, 3.05) is 19.0 Å². The number of aromatic nitrogens is 2. The average molecular weight is 300 g/mol. The number of ether oxygens (including phenoxy) is 1. The van der Waals surface area contributed by atoms with Crippen LogP contribution in [0.5, 0.6) is 0 Å². The normalized spacial score (nSPS) is 14.0. The zero-order valence-electron chi connectivity index (χ0n) is 11.4. The molecule has 1 aliphatic rings. The summed E-state index contributed by atoms with van der Waals surface area (Å²) >= 11 is 5.60. The van der Waals surface area contributed by atoms with E-state index in [2.05, 4.69) is 10.2 Å². The first-order valence-corrected chi connectivity index (χ1v) is 7.27. The molecule has 0 radical (unpaired) electrons. The van der Waals surface area contributed by atoms with Gasteiger partial charge in [-0.1, -0.05) is 0 Å². The maximum absolute atomic E-state index is 12.0. The Morgan fingerprint density at radius 1 is 1.50 bits per heavy atom. The van der Waals surface area contributed by atoms with E-state index in [9.17, 15) is 9.59 Å². The van der Waals surface area contributed by atoms with Crippen molar-refractivity contribution in [3.63, 3.8) is 0 Å². The van der Waals surface area contributed by atoms with Crippen LogP contribution in [-0.4, -0.2) is 46.0 Å². The molecule has 110 valence electrons. The molecular formula is C13H18ClN3O3. The first-order valence-electron chi connectivity index (χ1n) is 6.74. The largest absolute Gasteiger partial charge is 0.461 e. The second kappa shape index (κ2) is 6.74. The Labute approximate surface area is 122 Å². The molecule has 2 heterocycles. The highest BCUT2D eigenvalue weighted by atomic mass is 35.5. The van der Waals surface area contributed by atoms with Gasteiger partial charge in [0.25, 0.3) is 0 Å². The molecular weight excluding hydrogens is 282 g/mol. The summed E-state index contributed by atoms with van der Waals surface area (Å²) in [4.78, 5) is 25.6. The number of aromatic amines is 1. The number of alkyl halides is 1. The summed E-state index contributed by atoms with van der Waals surface area (Å²) in [5.41, 5.74) is 1.97. The molecule has 20 heavy (non-hydrogen) atoms. The standard InChI is InChI=1S/C13H18ClN3O3/c1-2-20-13(19)12-9-8-17(11(18)4-3-6-14)7-5-10(9)15-16-12/h2-8H2,1H3,(H,15,16). The number of esters is 1. The van der Waals surface area contributed by atoms with Crippen LogP contribution >= 0.6 is 11.6 Å². The topological polar surface area (TPSA) is 75.3 Å². The summed E-state index contributed by atoms with van der Waals surface area (Å²) in [6.45, 7) is 3.09. The lowest BCUT2D eigenvalue weighted by Gasteiger charge is -2.27. The Hall–Kier alpha value is -1.56. The first kappa shape index (κ1) is 14.8. The van der Waals surface area contributed by atoms with Crippen LogP contribution in [0.4, 0.5) is 0 Å². The van der Waals surface area contributed by atoms with Crippen LogP contribution in [0, 0.1) is 0 Å². The van der Waals surface area contributed by atoms with E-state index in [1.165, 1.54) is 0 Å². The quantitative estimate of drug-likeness (QED) is 0.660. The Morgan fingerprint density at radius 3 is 3.00 bits per heavy atom. The predicted octanol–water partition coefficient (Wildman–Crippen LogP) is 1.49. The second-order valence-electron chi connectivity index (χ2n) is 4.61. The molecule has 0 saturated heterocycles. The lowest BCUT2D eigenvalue weighted by atomic mass is 10.0. The third kappa shape index (κ3) is 3.12. The van der Waals surface area contributed by atoms with Crippen molar-refractivity contribution in [1.29, 1.82) is 0 Å². The molecule has 0 aromatic carbocycles. The van der Waals surface area contributed by atoms with Gasteiger partial charge < -0.3 is 9.64 Å². The van der Waals surface area contributed by atoms with Crippen LogP contribution in [0.25, 0.3) is 0 Å². The molecule has 6 nitrogen and oxygen atoms in total. The minimum absolute atomic E-state index is 0.0623. The van der Waals surface area contributed by atoms with E-state index in [-0.39, 0.29) is 11.6 Å². The Balaban J connectivity index is 2.10. The number of H-pyrrole nitrogens is 1. The SMILES string of the molecule is CCOC(=O)c1n[nH]c2c1CN(C(=O)CCCCl)CC2. The summed E-state index contributed by atoms with van der Waals surface area (Å²) in [5, 5.41) is 6.87. The zero-order chi connectivity index (χ0) is 14.5. The fraction of sp³-hybridized carbons (Fsp3) is 0.615. The molecule has 0 bridgehead atoms. The molecule has 1 aromatic rings. The number of fused-ring (bicyclic) bond motifs is 1. The van der Waals surface area contributed by atoms with Gasteiger partial charge in [0.15, 0.2) is 5.69 Å². The van der Waals surface area contributed by atoms with E-state index >= 15 is 0 Å². The minimum atomic E-state index is -0.444. The molecule has 0 fully saturated rings. The van der Waals surface area contributed by atoms with Crippen molar-refractivity contribution in [1.82, 2.24) is 15.1 Å². The Kier molecular flexibility index (Phi) is 5.00. The van der Waals surface area contributed by atoms with E-state index in [0.717, 1.165) is 11.3 Å².